The van der Waals surface area contributed by atoms with Gasteiger partial charge in [-0.3, -0.25) is 4.79 Å². The van der Waals surface area contributed by atoms with E-state index < -0.39 is 6.04 Å². The van der Waals surface area contributed by atoms with Crippen LogP contribution in [0.3, 0.4) is 0 Å². The van der Waals surface area contributed by atoms with E-state index in [9.17, 15) is 4.79 Å². The Kier molecular flexibility index (Phi) is 7.07. The second-order valence-corrected chi connectivity index (χ2v) is 5.89. The number of rotatable bonds is 7. The topological polar surface area (TPSA) is 52.3 Å². The molecular weight excluding hydrogens is 211 g/mol. The normalized spacial score (nSPS) is 14.5. The summed E-state index contributed by atoms with van der Waals surface area (Å²) in [6.07, 6.45) is 1.74. The molecule has 2 unspecified atom stereocenters. The number of likely N-dealkylation sites (N-methyl/N-ethyl adjacent to an activating group) is 1. The maximum absolute atomic E-state index is 11.4. The number of hydrogen-bond acceptors (Lipinski definition) is 3. The fourth-order valence-electron chi connectivity index (χ4n) is 0.945. The molecule has 0 radical (unpaired) electrons. The lowest BCUT2D eigenvalue weighted by atomic mass is 10.2. The van der Waals surface area contributed by atoms with Gasteiger partial charge in [-0.2, -0.15) is 0 Å². The van der Waals surface area contributed by atoms with Crippen molar-refractivity contribution in [1.29, 1.82) is 0 Å². The summed E-state index contributed by atoms with van der Waals surface area (Å²) >= 11 is 0. The fraction of sp³-hybridized carbons (Fsp3) is 0.900. The highest BCUT2D eigenvalue weighted by Gasteiger charge is 2.15. The monoisotopic (exact) mass is 235 g/mol. The molecule has 0 fully saturated rings. The summed E-state index contributed by atoms with van der Waals surface area (Å²) in [6.45, 7) is 3.37. The van der Waals surface area contributed by atoms with E-state index in [0.29, 0.717) is 6.61 Å². The van der Waals surface area contributed by atoms with E-state index in [2.05, 4.69) is 27.8 Å². The van der Waals surface area contributed by atoms with Crippen LogP contribution >= 0.6 is 8.58 Å². The molecule has 15 heavy (non-hydrogen) atoms. The average molecular weight is 235 g/mol. The van der Waals surface area contributed by atoms with Gasteiger partial charge in [-0.05, 0) is 19.2 Å². The van der Waals surface area contributed by atoms with Crippen LogP contribution in [0, 0.1) is 0 Å². The SMILES string of the molecule is CPCCC(N)C(=O)OCC[N+](C)(C)C. The van der Waals surface area contributed by atoms with E-state index in [1.807, 2.05) is 0 Å². The van der Waals surface area contributed by atoms with Crippen LogP contribution < -0.4 is 5.73 Å². The quantitative estimate of drug-likeness (QED) is 0.391. The van der Waals surface area contributed by atoms with E-state index in [-0.39, 0.29) is 5.97 Å². The van der Waals surface area contributed by atoms with Crippen LogP contribution in [-0.4, -0.2) is 63.6 Å². The summed E-state index contributed by atoms with van der Waals surface area (Å²) in [4.78, 5) is 11.4. The molecule has 0 amide bonds. The van der Waals surface area contributed by atoms with Gasteiger partial charge in [0.1, 0.15) is 19.2 Å². The smallest absolute Gasteiger partial charge is 0.323 e. The van der Waals surface area contributed by atoms with Crippen LogP contribution in [0.5, 0.6) is 0 Å². The Morgan fingerprint density at radius 1 is 1.47 bits per heavy atom. The zero-order valence-corrected chi connectivity index (χ0v) is 11.2. The average Bonchev–Trinajstić information content (AvgIpc) is 2.11. The number of carbonyl (C=O) groups excluding carboxylic acids is 1. The van der Waals surface area contributed by atoms with Gasteiger partial charge in [0.15, 0.2) is 0 Å². The van der Waals surface area contributed by atoms with Crippen molar-refractivity contribution in [2.45, 2.75) is 12.5 Å². The third kappa shape index (κ3) is 8.79. The molecule has 0 spiro atoms. The summed E-state index contributed by atoms with van der Waals surface area (Å²) in [5, 5.41) is 0. The molecule has 0 heterocycles. The van der Waals surface area contributed by atoms with Crippen LogP contribution in [0.1, 0.15) is 6.42 Å². The first-order valence-corrected chi connectivity index (χ1v) is 6.95. The minimum atomic E-state index is -0.440. The van der Waals surface area contributed by atoms with Crippen LogP contribution in [0.4, 0.5) is 0 Å². The van der Waals surface area contributed by atoms with E-state index in [4.69, 9.17) is 10.5 Å². The second-order valence-electron chi connectivity index (χ2n) is 4.68. The lowest BCUT2D eigenvalue weighted by Crippen LogP contribution is -2.40. The molecule has 0 aliphatic heterocycles. The number of ether oxygens (including phenoxy) is 1. The van der Waals surface area contributed by atoms with Gasteiger partial charge in [0.2, 0.25) is 0 Å². The van der Waals surface area contributed by atoms with Crippen LogP contribution in [0.25, 0.3) is 0 Å². The zero-order chi connectivity index (χ0) is 11.9. The fourth-order valence-corrected chi connectivity index (χ4v) is 1.54. The maximum Gasteiger partial charge on any atom is 0.323 e. The zero-order valence-electron chi connectivity index (χ0n) is 10.2. The molecule has 90 valence electrons. The Bertz CT molecular complexity index is 192. The number of nitrogens with two attached hydrogens (primary N) is 1. The highest BCUT2D eigenvalue weighted by molar-refractivity contribution is 7.36. The Balaban J connectivity index is 3.64. The van der Waals surface area contributed by atoms with Gasteiger partial charge in [0, 0.05) is 0 Å². The number of carbonyl (C=O) groups is 1. The number of quaternary nitrogens is 1. The largest absolute Gasteiger partial charge is 0.459 e. The van der Waals surface area contributed by atoms with Gasteiger partial charge in [0.05, 0.1) is 21.1 Å². The maximum atomic E-state index is 11.4. The van der Waals surface area contributed by atoms with Crippen molar-refractivity contribution in [3.8, 4) is 0 Å². The van der Waals surface area contributed by atoms with Crippen molar-refractivity contribution in [2.75, 3.05) is 47.1 Å². The molecular formula is C10H24N2O2P+. The Morgan fingerprint density at radius 2 is 2.07 bits per heavy atom. The minimum Gasteiger partial charge on any atom is -0.459 e. The summed E-state index contributed by atoms with van der Waals surface area (Å²) in [7, 11) is 7.03. The number of hydrogen-bond donors (Lipinski definition) is 1. The summed E-state index contributed by atoms with van der Waals surface area (Å²) in [6, 6.07) is -0.440. The van der Waals surface area contributed by atoms with E-state index >= 15 is 0 Å². The number of nitrogens with zero attached hydrogens (tertiary/aromatic N) is 1. The standard InChI is InChI=1S/C10H24N2O2P/c1-12(2,3)6-7-14-10(13)9(11)5-8-15-4/h9,15H,5-8,11H2,1-4H3/q+1. The molecule has 4 nitrogen and oxygen atoms in total. The van der Waals surface area contributed by atoms with Gasteiger partial charge in [-0.1, -0.05) is 0 Å². The van der Waals surface area contributed by atoms with Crippen LogP contribution in [0.2, 0.25) is 0 Å². The molecule has 0 rings (SSSR count). The molecule has 0 bridgehead atoms. The lowest BCUT2D eigenvalue weighted by molar-refractivity contribution is -0.870. The molecule has 2 atom stereocenters. The van der Waals surface area contributed by atoms with Crippen LogP contribution in [-0.2, 0) is 9.53 Å². The van der Waals surface area contributed by atoms with Gasteiger partial charge >= 0.3 is 5.97 Å². The predicted molar refractivity (Wildman–Crippen MR) is 65.6 cm³/mol. The molecule has 2 N–H and O–H groups in total. The van der Waals surface area contributed by atoms with Crippen LogP contribution in [0.15, 0.2) is 0 Å². The predicted octanol–water partition coefficient (Wildman–Crippen LogP) is 0.262. The molecule has 0 aromatic heterocycles. The van der Waals surface area contributed by atoms with Crippen molar-refractivity contribution in [3.63, 3.8) is 0 Å². The first-order chi connectivity index (χ1) is 6.87. The molecule has 0 saturated heterocycles. The summed E-state index contributed by atoms with van der Waals surface area (Å²) < 4.78 is 5.89. The Hall–Kier alpha value is -0.180. The van der Waals surface area contributed by atoms with Crippen molar-refractivity contribution in [3.05, 3.63) is 0 Å². The van der Waals surface area contributed by atoms with E-state index in [1.165, 1.54) is 0 Å². The van der Waals surface area contributed by atoms with Gasteiger partial charge in [0.25, 0.3) is 0 Å². The highest BCUT2D eigenvalue weighted by atomic mass is 31.1. The van der Waals surface area contributed by atoms with Gasteiger partial charge in [-0.25, -0.2) is 0 Å². The first kappa shape index (κ1) is 14.8. The van der Waals surface area contributed by atoms with E-state index in [0.717, 1.165) is 32.2 Å². The highest BCUT2D eigenvalue weighted by Crippen LogP contribution is 2.06. The van der Waals surface area contributed by atoms with E-state index in [1.54, 1.807) is 0 Å². The van der Waals surface area contributed by atoms with Crippen molar-refractivity contribution in [2.24, 2.45) is 5.73 Å². The summed E-state index contributed by atoms with van der Waals surface area (Å²) in [5.41, 5.74) is 5.68. The molecule has 0 aliphatic rings. The van der Waals surface area contributed by atoms with Crippen molar-refractivity contribution in [1.82, 2.24) is 0 Å². The number of esters is 1. The molecule has 0 aromatic rings. The first-order valence-electron chi connectivity index (χ1n) is 5.24. The minimum absolute atomic E-state index is 0.262. The summed E-state index contributed by atoms with van der Waals surface area (Å²) in [5.74, 6) is -0.262. The van der Waals surface area contributed by atoms with Crippen molar-refractivity contribution < 1.29 is 14.0 Å². The Morgan fingerprint density at radius 3 is 2.53 bits per heavy atom. The third-order valence-electron chi connectivity index (χ3n) is 2.01. The molecule has 0 aromatic carbocycles. The second kappa shape index (κ2) is 7.15. The van der Waals surface area contributed by atoms with Gasteiger partial charge < -0.3 is 15.0 Å². The molecule has 0 saturated carbocycles. The third-order valence-corrected chi connectivity index (χ3v) is 2.80. The Labute approximate surface area is 94.5 Å². The molecule has 0 aliphatic carbocycles. The molecule has 5 heteroatoms. The van der Waals surface area contributed by atoms with Crippen molar-refractivity contribution >= 4 is 14.6 Å². The van der Waals surface area contributed by atoms with Gasteiger partial charge in [-0.15, -0.1) is 8.58 Å². The lowest BCUT2D eigenvalue weighted by Gasteiger charge is -2.23.